The Kier molecular flexibility index (Phi) is 5.91. The lowest BCUT2D eigenvalue weighted by atomic mass is 9.97. The fourth-order valence-corrected chi connectivity index (χ4v) is 5.07. The van der Waals surface area contributed by atoms with Crippen molar-refractivity contribution in [3.05, 3.63) is 30.4 Å². The fourth-order valence-electron chi connectivity index (χ4n) is 3.59. The van der Waals surface area contributed by atoms with Gasteiger partial charge < -0.3 is 14.8 Å². The first-order valence-electron chi connectivity index (χ1n) is 9.95. The minimum atomic E-state index is -3.67. The number of ether oxygens (including phenoxy) is 2. The SMILES string of the molecule is Cn1cnc(CNC(=O)C2CCN(S(=O)(=O)c3ccc4c(c3)OCCCO4)CC2)n1. The Morgan fingerprint density at radius 1 is 1.20 bits per heavy atom. The molecule has 1 N–H and O–H groups in total. The van der Waals surface area contributed by atoms with E-state index in [0.717, 1.165) is 6.42 Å². The first-order valence-corrected chi connectivity index (χ1v) is 11.4. The third-order valence-electron chi connectivity index (χ3n) is 5.25. The van der Waals surface area contributed by atoms with Crippen molar-refractivity contribution in [2.45, 2.75) is 30.7 Å². The van der Waals surface area contributed by atoms with Crippen LogP contribution in [0.2, 0.25) is 0 Å². The average molecular weight is 436 g/mol. The van der Waals surface area contributed by atoms with Crippen molar-refractivity contribution in [2.75, 3.05) is 26.3 Å². The highest BCUT2D eigenvalue weighted by Gasteiger charge is 2.32. The van der Waals surface area contributed by atoms with Crippen LogP contribution in [0, 0.1) is 5.92 Å². The van der Waals surface area contributed by atoms with Crippen LogP contribution in [-0.4, -0.2) is 59.7 Å². The summed E-state index contributed by atoms with van der Waals surface area (Å²) in [4.78, 5) is 16.7. The van der Waals surface area contributed by atoms with Crippen molar-refractivity contribution in [3.8, 4) is 11.5 Å². The van der Waals surface area contributed by atoms with E-state index in [2.05, 4.69) is 15.4 Å². The fraction of sp³-hybridized carbons (Fsp3) is 0.526. The molecule has 1 saturated heterocycles. The van der Waals surface area contributed by atoms with Crippen LogP contribution < -0.4 is 14.8 Å². The van der Waals surface area contributed by atoms with Crippen molar-refractivity contribution in [1.82, 2.24) is 24.4 Å². The molecule has 30 heavy (non-hydrogen) atoms. The van der Waals surface area contributed by atoms with Crippen molar-refractivity contribution >= 4 is 15.9 Å². The van der Waals surface area contributed by atoms with Crippen molar-refractivity contribution in [1.29, 1.82) is 0 Å². The molecule has 11 heteroatoms. The Bertz CT molecular complexity index is 1010. The summed E-state index contributed by atoms with van der Waals surface area (Å²) >= 11 is 0. The molecule has 0 saturated carbocycles. The van der Waals surface area contributed by atoms with Crippen LogP contribution in [-0.2, 0) is 28.4 Å². The van der Waals surface area contributed by atoms with E-state index in [1.54, 1.807) is 30.2 Å². The van der Waals surface area contributed by atoms with Crippen LogP contribution in [0.5, 0.6) is 11.5 Å². The van der Waals surface area contributed by atoms with Crippen LogP contribution >= 0.6 is 0 Å². The molecule has 3 heterocycles. The van der Waals surface area contributed by atoms with Crippen LogP contribution in [0.3, 0.4) is 0 Å². The molecule has 2 aromatic rings. The van der Waals surface area contributed by atoms with E-state index in [0.29, 0.717) is 43.4 Å². The Labute approximate surface area is 175 Å². The first kappa shape index (κ1) is 20.6. The molecule has 2 aliphatic heterocycles. The second kappa shape index (κ2) is 8.60. The van der Waals surface area contributed by atoms with Gasteiger partial charge in [-0.3, -0.25) is 9.48 Å². The highest BCUT2D eigenvalue weighted by atomic mass is 32.2. The highest BCUT2D eigenvalue weighted by molar-refractivity contribution is 7.89. The van der Waals surface area contributed by atoms with Crippen molar-refractivity contribution < 1.29 is 22.7 Å². The number of hydrogen-bond acceptors (Lipinski definition) is 7. The second-order valence-electron chi connectivity index (χ2n) is 7.39. The van der Waals surface area contributed by atoms with E-state index in [9.17, 15) is 13.2 Å². The summed E-state index contributed by atoms with van der Waals surface area (Å²) < 4.78 is 40.3. The van der Waals surface area contributed by atoms with Crippen LogP contribution in [0.1, 0.15) is 25.1 Å². The molecule has 2 aliphatic rings. The van der Waals surface area contributed by atoms with Gasteiger partial charge in [0, 0.05) is 38.5 Å². The van der Waals surface area contributed by atoms with Gasteiger partial charge in [0.2, 0.25) is 15.9 Å². The Hall–Kier alpha value is -2.66. The van der Waals surface area contributed by atoms with Crippen LogP contribution in [0.25, 0.3) is 0 Å². The van der Waals surface area contributed by atoms with E-state index >= 15 is 0 Å². The number of amides is 1. The molecule has 0 unspecified atom stereocenters. The summed E-state index contributed by atoms with van der Waals surface area (Å²) in [6.45, 7) is 1.87. The summed E-state index contributed by atoms with van der Waals surface area (Å²) in [6, 6.07) is 4.70. The highest BCUT2D eigenvalue weighted by Crippen LogP contribution is 2.33. The molecule has 0 radical (unpaired) electrons. The maximum absolute atomic E-state index is 13.1. The number of sulfonamides is 1. The van der Waals surface area contributed by atoms with E-state index in [1.165, 1.54) is 10.4 Å². The predicted molar refractivity (Wildman–Crippen MR) is 106 cm³/mol. The van der Waals surface area contributed by atoms with Gasteiger partial charge in [-0.2, -0.15) is 9.40 Å². The molecular formula is C19H25N5O5S. The molecule has 1 aromatic heterocycles. The van der Waals surface area contributed by atoms with E-state index < -0.39 is 10.0 Å². The number of fused-ring (bicyclic) bond motifs is 1. The lowest BCUT2D eigenvalue weighted by molar-refractivity contribution is -0.126. The molecule has 1 fully saturated rings. The molecule has 4 rings (SSSR count). The number of aromatic nitrogens is 3. The van der Waals surface area contributed by atoms with Gasteiger partial charge in [-0.05, 0) is 25.0 Å². The van der Waals surface area contributed by atoms with Gasteiger partial charge in [0.1, 0.15) is 6.33 Å². The van der Waals surface area contributed by atoms with E-state index in [4.69, 9.17) is 9.47 Å². The quantitative estimate of drug-likeness (QED) is 0.735. The number of hydrogen-bond donors (Lipinski definition) is 1. The first-order chi connectivity index (χ1) is 14.4. The normalized spacial score (nSPS) is 18.0. The Balaban J connectivity index is 1.36. The van der Waals surface area contributed by atoms with Gasteiger partial charge in [0.25, 0.3) is 0 Å². The molecule has 0 atom stereocenters. The third-order valence-corrected chi connectivity index (χ3v) is 7.14. The van der Waals surface area contributed by atoms with E-state index in [1.807, 2.05) is 0 Å². The summed E-state index contributed by atoms with van der Waals surface area (Å²) in [5.41, 5.74) is 0. The maximum atomic E-state index is 13.1. The van der Waals surface area contributed by atoms with Crippen LogP contribution in [0.4, 0.5) is 0 Å². The molecular weight excluding hydrogens is 410 g/mol. The number of nitrogens with zero attached hydrogens (tertiary/aromatic N) is 4. The smallest absolute Gasteiger partial charge is 0.243 e. The lowest BCUT2D eigenvalue weighted by Crippen LogP contribution is -2.42. The zero-order valence-corrected chi connectivity index (χ0v) is 17.6. The second-order valence-corrected chi connectivity index (χ2v) is 9.33. The third kappa shape index (κ3) is 4.41. The van der Waals surface area contributed by atoms with Gasteiger partial charge in [-0.15, -0.1) is 0 Å². The summed E-state index contributed by atoms with van der Waals surface area (Å²) in [7, 11) is -1.90. The topological polar surface area (TPSA) is 116 Å². The largest absolute Gasteiger partial charge is 0.490 e. The van der Waals surface area contributed by atoms with Crippen LogP contribution in [0.15, 0.2) is 29.4 Å². The maximum Gasteiger partial charge on any atom is 0.243 e. The van der Waals surface area contributed by atoms with Crippen molar-refractivity contribution in [3.63, 3.8) is 0 Å². The number of nitrogens with one attached hydrogen (secondary N) is 1. The van der Waals surface area contributed by atoms with E-state index in [-0.39, 0.29) is 36.4 Å². The molecule has 0 bridgehead atoms. The molecule has 1 aromatic carbocycles. The van der Waals surface area contributed by atoms with Gasteiger partial charge in [0.05, 0.1) is 24.7 Å². The molecule has 10 nitrogen and oxygen atoms in total. The molecule has 0 aliphatic carbocycles. The van der Waals surface area contributed by atoms with Gasteiger partial charge in [-0.25, -0.2) is 13.4 Å². The van der Waals surface area contributed by atoms with Gasteiger partial charge >= 0.3 is 0 Å². The minimum Gasteiger partial charge on any atom is -0.490 e. The summed E-state index contributed by atoms with van der Waals surface area (Å²) in [6.07, 6.45) is 3.25. The number of carbonyl (C=O) groups is 1. The average Bonchev–Trinajstić information content (AvgIpc) is 3.03. The zero-order chi connectivity index (χ0) is 21.1. The monoisotopic (exact) mass is 435 g/mol. The van der Waals surface area contributed by atoms with Gasteiger partial charge in [0.15, 0.2) is 17.3 Å². The molecule has 0 spiro atoms. The number of benzene rings is 1. The number of aryl methyl sites for hydroxylation is 1. The lowest BCUT2D eigenvalue weighted by Gasteiger charge is -2.30. The standard InChI is InChI=1S/C19H25N5O5S/c1-23-13-21-18(22-23)12-20-19(25)14-5-7-24(8-6-14)30(26,27)15-3-4-16-17(11-15)29-10-2-9-28-16/h3-4,11,13-14H,2,5-10,12H2,1H3,(H,20,25). The molecule has 1 amide bonds. The predicted octanol–water partition coefficient (Wildman–Crippen LogP) is 0.694. The minimum absolute atomic E-state index is 0.102. The summed E-state index contributed by atoms with van der Waals surface area (Å²) in [5.74, 6) is 1.22. The summed E-state index contributed by atoms with van der Waals surface area (Å²) in [5, 5.41) is 6.96. The molecule has 162 valence electrons. The zero-order valence-electron chi connectivity index (χ0n) is 16.8. The Morgan fingerprint density at radius 3 is 2.63 bits per heavy atom. The van der Waals surface area contributed by atoms with Crippen molar-refractivity contribution in [2.24, 2.45) is 13.0 Å². The Morgan fingerprint density at radius 2 is 1.93 bits per heavy atom. The number of rotatable bonds is 5. The van der Waals surface area contributed by atoms with Gasteiger partial charge in [-0.1, -0.05) is 0 Å². The number of carbonyl (C=O) groups excluding carboxylic acids is 1. The number of piperidine rings is 1.